The van der Waals surface area contributed by atoms with Gasteiger partial charge in [0.25, 0.3) is 5.91 Å². The molecule has 20 heavy (non-hydrogen) atoms. The lowest BCUT2D eigenvalue weighted by Crippen LogP contribution is -2.47. The lowest BCUT2D eigenvalue weighted by atomic mass is 10.00. The zero-order chi connectivity index (χ0) is 14.6. The Hall–Kier alpha value is -1.19. The number of hydrogen-bond acceptors (Lipinski definition) is 4. The molecule has 0 radical (unpaired) electrons. The van der Waals surface area contributed by atoms with Crippen molar-refractivity contribution in [2.45, 2.75) is 17.7 Å². The third-order valence-electron chi connectivity index (χ3n) is 3.20. The normalized spacial score (nSPS) is 21.4. The summed E-state index contributed by atoms with van der Waals surface area (Å²) < 4.78 is 13.6. The summed E-state index contributed by atoms with van der Waals surface area (Å²) in [6.45, 7) is 0. The molecule has 1 aromatic carbocycles. The number of nitrogens with one attached hydrogen (secondary N) is 1. The highest BCUT2D eigenvalue weighted by Crippen LogP contribution is 2.27. The molecule has 0 aliphatic carbocycles. The maximum Gasteiger partial charge on any atom is 0.252 e. The van der Waals surface area contributed by atoms with Gasteiger partial charge in [0.05, 0.1) is 6.07 Å². The van der Waals surface area contributed by atoms with Crippen molar-refractivity contribution in [2.24, 2.45) is 0 Å². The Morgan fingerprint density at radius 2 is 2.45 bits per heavy atom. The highest BCUT2D eigenvalue weighted by molar-refractivity contribution is 7.99. The van der Waals surface area contributed by atoms with E-state index in [1.165, 1.54) is 23.9 Å². The van der Waals surface area contributed by atoms with Crippen molar-refractivity contribution in [3.63, 3.8) is 0 Å². The van der Waals surface area contributed by atoms with Crippen LogP contribution in [0.15, 0.2) is 18.2 Å². The fraction of sp³-hybridized carbons (Fsp3) is 0.429. The third-order valence-corrected chi connectivity index (χ3v) is 4.99. The van der Waals surface area contributed by atoms with Gasteiger partial charge in [0.2, 0.25) is 0 Å². The van der Waals surface area contributed by atoms with Crippen LogP contribution in [0, 0.1) is 17.1 Å². The summed E-state index contributed by atoms with van der Waals surface area (Å²) >= 11 is 3.15. The summed E-state index contributed by atoms with van der Waals surface area (Å²) in [5, 5.41) is 12.1. The number of carbonyl (C=O) groups excluding carboxylic acids is 1. The molecule has 1 amide bonds. The van der Waals surface area contributed by atoms with Gasteiger partial charge in [0.1, 0.15) is 11.4 Å². The molecule has 0 saturated carbocycles. The first-order valence-electron chi connectivity index (χ1n) is 6.19. The summed E-state index contributed by atoms with van der Waals surface area (Å²) in [5.74, 6) is 1.38. The Morgan fingerprint density at radius 1 is 1.65 bits per heavy atom. The highest BCUT2D eigenvalue weighted by Gasteiger charge is 2.36. The van der Waals surface area contributed by atoms with E-state index in [-0.39, 0.29) is 11.7 Å². The van der Waals surface area contributed by atoms with Crippen molar-refractivity contribution < 1.29 is 9.18 Å². The Bertz CT molecular complexity index is 551. The van der Waals surface area contributed by atoms with Gasteiger partial charge in [-0.05, 0) is 42.2 Å². The van der Waals surface area contributed by atoms with Gasteiger partial charge in [-0.3, -0.25) is 4.79 Å². The number of nitrogens with zero attached hydrogens (tertiary/aromatic N) is 1. The molecule has 1 aliphatic rings. The minimum absolute atomic E-state index is 0.303. The van der Waals surface area contributed by atoms with Gasteiger partial charge < -0.3 is 5.32 Å². The summed E-state index contributed by atoms with van der Waals surface area (Å²) in [6.07, 6.45) is 2.53. The second kappa shape index (κ2) is 6.51. The van der Waals surface area contributed by atoms with Gasteiger partial charge in [-0.1, -0.05) is 0 Å². The fourth-order valence-corrected chi connectivity index (χ4v) is 3.85. The van der Waals surface area contributed by atoms with Gasteiger partial charge >= 0.3 is 0 Å². The second-order valence-corrected chi connectivity index (χ2v) is 6.66. The Balaban J connectivity index is 2.17. The van der Waals surface area contributed by atoms with Crippen LogP contribution in [-0.4, -0.2) is 29.2 Å². The monoisotopic (exact) mass is 310 g/mol. The van der Waals surface area contributed by atoms with Crippen molar-refractivity contribution >= 4 is 29.4 Å². The minimum Gasteiger partial charge on any atom is -0.333 e. The van der Waals surface area contributed by atoms with E-state index in [1.807, 2.05) is 6.26 Å². The van der Waals surface area contributed by atoms with E-state index < -0.39 is 5.54 Å². The number of halogens is 1. The topological polar surface area (TPSA) is 52.9 Å². The smallest absolute Gasteiger partial charge is 0.252 e. The van der Waals surface area contributed by atoms with E-state index in [9.17, 15) is 14.4 Å². The third kappa shape index (κ3) is 3.28. The maximum absolute atomic E-state index is 13.6. The molecule has 1 saturated heterocycles. The van der Waals surface area contributed by atoms with Crippen LogP contribution in [0.5, 0.6) is 0 Å². The van der Waals surface area contributed by atoms with E-state index in [0.717, 1.165) is 5.75 Å². The van der Waals surface area contributed by atoms with Crippen LogP contribution in [0.2, 0.25) is 0 Å². The molecule has 0 unspecified atom stereocenters. The number of carbonyl (C=O) groups is 1. The van der Waals surface area contributed by atoms with E-state index in [2.05, 4.69) is 11.4 Å². The van der Waals surface area contributed by atoms with Crippen LogP contribution >= 0.6 is 23.5 Å². The number of hydrogen-bond donors (Lipinski definition) is 1. The summed E-state index contributed by atoms with van der Waals surface area (Å²) in [4.78, 5) is 12.2. The van der Waals surface area contributed by atoms with E-state index in [0.29, 0.717) is 29.1 Å². The molecule has 3 nitrogen and oxygen atoms in total. The zero-order valence-corrected chi connectivity index (χ0v) is 12.7. The van der Waals surface area contributed by atoms with Crippen LogP contribution in [-0.2, 0) is 5.75 Å². The van der Waals surface area contributed by atoms with Crippen LogP contribution in [0.3, 0.4) is 0 Å². The number of thioether (sulfide) groups is 2. The van der Waals surface area contributed by atoms with Gasteiger partial charge in [0.15, 0.2) is 0 Å². The molecule has 106 valence electrons. The number of amides is 1. The average molecular weight is 310 g/mol. The molecule has 1 atom stereocenters. The summed E-state index contributed by atoms with van der Waals surface area (Å²) in [7, 11) is 0. The zero-order valence-electron chi connectivity index (χ0n) is 11.1. The highest BCUT2D eigenvalue weighted by atomic mass is 32.2. The van der Waals surface area contributed by atoms with E-state index >= 15 is 0 Å². The van der Waals surface area contributed by atoms with Crippen molar-refractivity contribution in [2.75, 3.05) is 17.8 Å². The molecule has 1 aromatic rings. The first-order valence-corrected chi connectivity index (χ1v) is 8.74. The van der Waals surface area contributed by atoms with Crippen LogP contribution in [0.1, 0.15) is 22.3 Å². The van der Waals surface area contributed by atoms with E-state index in [1.54, 1.807) is 17.8 Å². The largest absolute Gasteiger partial charge is 0.333 e. The lowest BCUT2D eigenvalue weighted by molar-refractivity contribution is 0.0926. The lowest BCUT2D eigenvalue weighted by Gasteiger charge is -2.21. The standard InChI is InChI=1S/C14H15FN2OS2/c1-19-7-11-6-10(2-3-12(11)15)13(18)17-14(8-16)4-5-20-9-14/h2-3,6H,4-5,7,9H2,1H3,(H,17,18)/t14-/m0/s1. The van der Waals surface area contributed by atoms with Crippen molar-refractivity contribution in [1.29, 1.82) is 5.26 Å². The molecule has 1 N–H and O–H groups in total. The van der Waals surface area contributed by atoms with E-state index in [4.69, 9.17) is 0 Å². The van der Waals surface area contributed by atoms with Gasteiger partial charge in [-0.15, -0.1) is 0 Å². The summed E-state index contributed by atoms with van der Waals surface area (Å²) in [6, 6.07) is 6.53. The number of benzene rings is 1. The van der Waals surface area contributed by atoms with Crippen molar-refractivity contribution in [3.05, 3.63) is 35.1 Å². The maximum atomic E-state index is 13.6. The van der Waals surface area contributed by atoms with Gasteiger partial charge in [0, 0.05) is 17.1 Å². The first-order chi connectivity index (χ1) is 9.60. The Morgan fingerprint density at radius 3 is 3.05 bits per heavy atom. The average Bonchev–Trinajstić information content (AvgIpc) is 2.90. The van der Waals surface area contributed by atoms with Gasteiger partial charge in [-0.2, -0.15) is 28.8 Å². The molecular formula is C14H15FN2OS2. The number of nitriles is 1. The Labute approximate surface area is 126 Å². The fourth-order valence-electron chi connectivity index (χ4n) is 2.05. The number of rotatable bonds is 4. The molecule has 2 rings (SSSR count). The molecular weight excluding hydrogens is 295 g/mol. The SMILES string of the molecule is CSCc1cc(C(=O)N[C@]2(C#N)CCSC2)ccc1F. The first kappa shape index (κ1) is 15.2. The predicted molar refractivity (Wildman–Crippen MR) is 81.4 cm³/mol. The minimum atomic E-state index is -0.782. The van der Waals surface area contributed by atoms with Crippen molar-refractivity contribution in [3.8, 4) is 6.07 Å². The molecule has 0 bridgehead atoms. The van der Waals surface area contributed by atoms with Crippen LogP contribution in [0.25, 0.3) is 0 Å². The molecule has 6 heteroatoms. The second-order valence-electron chi connectivity index (χ2n) is 4.69. The molecule has 1 fully saturated rings. The molecule has 0 aromatic heterocycles. The molecule has 0 spiro atoms. The van der Waals surface area contributed by atoms with Crippen LogP contribution < -0.4 is 5.32 Å². The molecule has 1 aliphatic heterocycles. The van der Waals surface area contributed by atoms with Gasteiger partial charge in [-0.25, -0.2) is 4.39 Å². The predicted octanol–water partition coefficient (Wildman–Crippen LogP) is 2.82. The Kier molecular flexibility index (Phi) is 4.95. The summed E-state index contributed by atoms with van der Waals surface area (Å²) in [5.41, 5.74) is 0.134. The molecule has 1 heterocycles. The quantitative estimate of drug-likeness (QED) is 0.929. The van der Waals surface area contributed by atoms with Crippen LogP contribution in [0.4, 0.5) is 4.39 Å². The van der Waals surface area contributed by atoms with Crippen molar-refractivity contribution in [1.82, 2.24) is 5.32 Å².